The maximum atomic E-state index is 12.7. The van der Waals surface area contributed by atoms with Crippen molar-refractivity contribution in [2.24, 2.45) is 0 Å². The average Bonchev–Trinajstić information content (AvgIpc) is 3.19. The Labute approximate surface area is 155 Å². The maximum Gasteiger partial charge on any atom is 0.325 e. The van der Waals surface area contributed by atoms with Crippen LogP contribution < -0.4 is 10.6 Å². The molecule has 4 amide bonds. The number of rotatable bonds is 5. The van der Waals surface area contributed by atoms with Crippen molar-refractivity contribution in [1.29, 1.82) is 0 Å². The lowest BCUT2D eigenvalue weighted by Crippen LogP contribution is -2.43. The largest absolute Gasteiger partial charge is 0.466 e. The minimum absolute atomic E-state index is 0.311. The summed E-state index contributed by atoms with van der Waals surface area (Å²) in [5, 5.41) is 5.90. The van der Waals surface area contributed by atoms with Crippen LogP contribution in [0.2, 0.25) is 5.02 Å². The number of nitrogens with one attached hydrogen (secondary N) is 2. The van der Waals surface area contributed by atoms with E-state index in [1.807, 2.05) is 6.07 Å². The quantitative estimate of drug-likeness (QED) is 0.786. The molecule has 0 radical (unpaired) electrons. The third kappa shape index (κ3) is 3.30. The Balaban J connectivity index is 1.68. The molecule has 1 saturated heterocycles. The zero-order valence-corrected chi connectivity index (χ0v) is 15.0. The van der Waals surface area contributed by atoms with Gasteiger partial charge in [-0.25, -0.2) is 4.79 Å². The number of carbonyl (C=O) groups excluding carboxylic acids is 3. The van der Waals surface area contributed by atoms with Gasteiger partial charge in [0, 0.05) is 5.02 Å². The van der Waals surface area contributed by atoms with Crippen molar-refractivity contribution in [3.05, 3.63) is 59.0 Å². The van der Waals surface area contributed by atoms with Crippen LogP contribution in [-0.4, -0.2) is 29.3 Å². The van der Waals surface area contributed by atoms with Gasteiger partial charge >= 0.3 is 6.03 Å². The van der Waals surface area contributed by atoms with Crippen LogP contribution >= 0.6 is 11.6 Å². The molecule has 0 spiro atoms. The highest BCUT2D eigenvalue weighted by molar-refractivity contribution is 6.30. The van der Waals surface area contributed by atoms with Crippen molar-refractivity contribution in [2.45, 2.75) is 25.4 Å². The summed E-state index contributed by atoms with van der Waals surface area (Å²) < 4.78 is 5.25. The SMILES string of the molecule is C[C@@H](NC(=O)CN1C(=O)N[C@](C)(c2ccco2)C1=O)c1cccc(Cl)c1. The van der Waals surface area contributed by atoms with Gasteiger partial charge in [-0.2, -0.15) is 0 Å². The van der Waals surface area contributed by atoms with Gasteiger partial charge in [-0.05, 0) is 43.7 Å². The van der Waals surface area contributed by atoms with E-state index in [-0.39, 0.29) is 12.6 Å². The summed E-state index contributed by atoms with van der Waals surface area (Å²) in [7, 11) is 0. The topological polar surface area (TPSA) is 91.7 Å². The van der Waals surface area contributed by atoms with Crippen molar-refractivity contribution in [3.8, 4) is 0 Å². The number of imide groups is 1. The van der Waals surface area contributed by atoms with E-state index in [9.17, 15) is 14.4 Å². The minimum atomic E-state index is -1.32. The van der Waals surface area contributed by atoms with Crippen molar-refractivity contribution >= 4 is 29.4 Å². The van der Waals surface area contributed by atoms with E-state index in [1.54, 1.807) is 44.2 Å². The molecular formula is C18H18ClN3O4. The number of carbonyl (C=O) groups is 3. The molecule has 2 heterocycles. The molecule has 1 aromatic carbocycles. The first kappa shape index (κ1) is 18.0. The zero-order valence-electron chi connectivity index (χ0n) is 14.3. The molecule has 2 aromatic rings. The van der Waals surface area contributed by atoms with Gasteiger partial charge in [0.05, 0.1) is 12.3 Å². The highest BCUT2D eigenvalue weighted by Crippen LogP contribution is 2.29. The Kier molecular flexibility index (Phi) is 4.73. The lowest BCUT2D eigenvalue weighted by Gasteiger charge is -2.20. The number of urea groups is 1. The second-order valence-corrected chi connectivity index (χ2v) is 6.70. The molecule has 7 nitrogen and oxygen atoms in total. The van der Waals surface area contributed by atoms with Crippen LogP contribution in [0, 0.1) is 0 Å². The van der Waals surface area contributed by atoms with Crippen LogP contribution in [0.4, 0.5) is 4.79 Å². The van der Waals surface area contributed by atoms with E-state index in [4.69, 9.17) is 16.0 Å². The van der Waals surface area contributed by atoms with Crippen LogP contribution in [0.25, 0.3) is 0 Å². The summed E-state index contributed by atoms with van der Waals surface area (Å²) in [5.74, 6) is -0.682. The van der Waals surface area contributed by atoms with Gasteiger partial charge in [0.25, 0.3) is 5.91 Å². The van der Waals surface area contributed by atoms with Crippen LogP contribution in [-0.2, 0) is 15.1 Å². The fourth-order valence-electron chi connectivity index (χ4n) is 2.86. The monoisotopic (exact) mass is 375 g/mol. The summed E-state index contributed by atoms with van der Waals surface area (Å²) in [5.41, 5.74) is -0.497. The molecule has 8 heteroatoms. The van der Waals surface area contributed by atoms with E-state index in [0.29, 0.717) is 10.8 Å². The summed E-state index contributed by atoms with van der Waals surface area (Å²) in [6.45, 7) is 2.95. The lowest BCUT2D eigenvalue weighted by atomic mass is 9.99. The molecule has 2 atom stereocenters. The molecular weight excluding hydrogens is 358 g/mol. The summed E-state index contributed by atoms with van der Waals surface area (Å²) in [4.78, 5) is 38.0. The zero-order chi connectivity index (χ0) is 18.9. The average molecular weight is 376 g/mol. The van der Waals surface area contributed by atoms with Gasteiger partial charge in [-0.1, -0.05) is 23.7 Å². The molecule has 0 bridgehead atoms. The number of amides is 4. The van der Waals surface area contributed by atoms with Crippen molar-refractivity contribution in [2.75, 3.05) is 6.54 Å². The van der Waals surface area contributed by atoms with Gasteiger partial charge in [0.2, 0.25) is 5.91 Å². The lowest BCUT2D eigenvalue weighted by molar-refractivity contribution is -0.135. The van der Waals surface area contributed by atoms with E-state index in [0.717, 1.165) is 10.5 Å². The van der Waals surface area contributed by atoms with Crippen LogP contribution in [0.15, 0.2) is 47.1 Å². The fourth-order valence-corrected chi connectivity index (χ4v) is 3.06. The summed E-state index contributed by atoms with van der Waals surface area (Å²) in [6, 6.07) is 9.37. The summed E-state index contributed by atoms with van der Waals surface area (Å²) in [6.07, 6.45) is 1.42. The second-order valence-electron chi connectivity index (χ2n) is 6.27. The number of furan rings is 1. The van der Waals surface area contributed by atoms with Crippen molar-refractivity contribution < 1.29 is 18.8 Å². The number of hydrogen-bond acceptors (Lipinski definition) is 4. The number of benzene rings is 1. The van der Waals surface area contributed by atoms with Gasteiger partial charge in [-0.3, -0.25) is 14.5 Å². The maximum absolute atomic E-state index is 12.7. The molecule has 1 fully saturated rings. The van der Waals surface area contributed by atoms with Crippen LogP contribution in [0.1, 0.15) is 31.2 Å². The van der Waals surface area contributed by atoms with Crippen molar-refractivity contribution in [1.82, 2.24) is 15.5 Å². The normalized spacial score (nSPS) is 20.8. The van der Waals surface area contributed by atoms with Crippen LogP contribution in [0.5, 0.6) is 0 Å². The first-order chi connectivity index (χ1) is 12.3. The van der Waals surface area contributed by atoms with Gasteiger partial charge in [0.15, 0.2) is 5.54 Å². The molecule has 136 valence electrons. The molecule has 1 aliphatic heterocycles. The predicted octanol–water partition coefficient (Wildman–Crippen LogP) is 2.58. The Bertz CT molecular complexity index is 852. The van der Waals surface area contributed by atoms with E-state index in [2.05, 4.69) is 10.6 Å². The Hall–Kier alpha value is -2.80. The Morgan fingerprint density at radius 3 is 2.77 bits per heavy atom. The van der Waals surface area contributed by atoms with Gasteiger partial charge in [0.1, 0.15) is 12.3 Å². The Morgan fingerprint density at radius 1 is 1.35 bits per heavy atom. The number of nitrogens with zero attached hydrogens (tertiary/aromatic N) is 1. The Morgan fingerprint density at radius 2 is 2.12 bits per heavy atom. The first-order valence-electron chi connectivity index (χ1n) is 8.04. The number of hydrogen-bond donors (Lipinski definition) is 2. The molecule has 26 heavy (non-hydrogen) atoms. The summed E-state index contributed by atoms with van der Waals surface area (Å²) >= 11 is 5.95. The highest BCUT2D eigenvalue weighted by atomic mass is 35.5. The molecule has 1 aliphatic rings. The smallest absolute Gasteiger partial charge is 0.325 e. The minimum Gasteiger partial charge on any atom is -0.466 e. The molecule has 0 aliphatic carbocycles. The first-order valence-corrected chi connectivity index (χ1v) is 8.42. The third-order valence-electron chi connectivity index (χ3n) is 4.32. The van der Waals surface area contributed by atoms with Crippen LogP contribution in [0.3, 0.4) is 0 Å². The highest BCUT2D eigenvalue weighted by Gasteiger charge is 2.51. The predicted molar refractivity (Wildman–Crippen MR) is 94.3 cm³/mol. The van der Waals surface area contributed by atoms with E-state index < -0.39 is 23.4 Å². The van der Waals surface area contributed by atoms with Gasteiger partial charge in [-0.15, -0.1) is 0 Å². The molecule has 2 N–H and O–H groups in total. The number of halogens is 1. The van der Waals surface area contributed by atoms with Gasteiger partial charge < -0.3 is 15.1 Å². The fraction of sp³-hybridized carbons (Fsp3) is 0.278. The molecule has 0 saturated carbocycles. The molecule has 3 rings (SSSR count). The molecule has 1 aromatic heterocycles. The van der Waals surface area contributed by atoms with E-state index >= 15 is 0 Å². The van der Waals surface area contributed by atoms with Crippen molar-refractivity contribution in [3.63, 3.8) is 0 Å². The second kappa shape index (κ2) is 6.84. The molecule has 0 unspecified atom stereocenters. The third-order valence-corrected chi connectivity index (χ3v) is 4.55. The standard InChI is InChI=1S/C18H18ClN3O4/c1-11(12-5-3-6-13(19)9-12)20-15(23)10-22-16(24)18(2,21-17(22)25)14-7-4-8-26-14/h3-9,11H,10H2,1-2H3,(H,20,23)(H,21,25)/t11-,18-/m1/s1. The van der Waals surface area contributed by atoms with E-state index in [1.165, 1.54) is 6.26 Å².